The lowest BCUT2D eigenvalue weighted by Gasteiger charge is -2.33. The molecule has 1 aliphatic heterocycles. The molecular formula is C44H44N4O3. The molecule has 1 fully saturated rings. The highest BCUT2D eigenvalue weighted by molar-refractivity contribution is 6.04. The fourth-order valence-corrected chi connectivity index (χ4v) is 7.59. The van der Waals surface area contributed by atoms with Crippen molar-refractivity contribution < 1.29 is 14.4 Å². The number of rotatable bonds is 12. The van der Waals surface area contributed by atoms with Crippen molar-refractivity contribution >= 4 is 45.6 Å². The van der Waals surface area contributed by atoms with Crippen LogP contribution in [0, 0.1) is 17.8 Å². The summed E-state index contributed by atoms with van der Waals surface area (Å²) >= 11 is 0. The molecule has 51 heavy (non-hydrogen) atoms. The first-order valence-corrected chi connectivity index (χ1v) is 17.9. The molecule has 3 unspecified atom stereocenters. The Morgan fingerprint density at radius 2 is 1.51 bits per heavy atom. The maximum Gasteiger partial charge on any atom is 0.251 e. The molecule has 7 nitrogen and oxygen atoms in total. The summed E-state index contributed by atoms with van der Waals surface area (Å²) in [5.41, 5.74) is 11.5. The van der Waals surface area contributed by atoms with Gasteiger partial charge in [-0.3, -0.25) is 14.4 Å². The van der Waals surface area contributed by atoms with E-state index in [1.165, 1.54) is 10.8 Å². The van der Waals surface area contributed by atoms with Crippen molar-refractivity contribution in [3.05, 3.63) is 140 Å². The van der Waals surface area contributed by atoms with Gasteiger partial charge in [0, 0.05) is 5.69 Å². The topological polar surface area (TPSA) is 95.7 Å². The normalized spacial score (nSPS) is 17.2. The number of primary amides is 1. The molecule has 0 bridgehead atoms. The van der Waals surface area contributed by atoms with Crippen molar-refractivity contribution in [1.82, 2.24) is 5.32 Å². The highest BCUT2D eigenvalue weighted by Crippen LogP contribution is 2.39. The van der Waals surface area contributed by atoms with E-state index < -0.39 is 23.8 Å². The number of carbonyl (C=O) groups excluding carboxylic acids is 3. The van der Waals surface area contributed by atoms with Gasteiger partial charge in [-0.1, -0.05) is 110 Å². The van der Waals surface area contributed by atoms with Crippen LogP contribution in [0.5, 0.6) is 0 Å². The molecule has 3 amide bonds. The third-order valence-electron chi connectivity index (χ3n) is 10.5. The summed E-state index contributed by atoms with van der Waals surface area (Å²) in [5.74, 6) is -2.04. The van der Waals surface area contributed by atoms with Gasteiger partial charge in [-0.25, -0.2) is 0 Å². The molecule has 1 heterocycles. The molecule has 3 N–H and O–H groups in total. The number of fused-ring (bicyclic) bond motifs is 2. The summed E-state index contributed by atoms with van der Waals surface area (Å²) in [7, 11) is 0. The predicted molar refractivity (Wildman–Crippen MR) is 205 cm³/mol. The van der Waals surface area contributed by atoms with Crippen LogP contribution in [0.2, 0.25) is 0 Å². The van der Waals surface area contributed by atoms with E-state index in [1.807, 2.05) is 78.9 Å². The Balaban J connectivity index is 1.25. The molecule has 0 saturated heterocycles. The number of carbonyl (C=O) groups is 3. The van der Waals surface area contributed by atoms with Gasteiger partial charge in [-0.2, -0.15) is 0 Å². The lowest BCUT2D eigenvalue weighted by Crippen LogP contribution is -2.54. The van der Waals surface area contributed by atoms with E-state index >= 15 is 0 Å². The van der Waals surface area contributed by atoms with Crippen LogP contribution in [0.3, 0.4) is 0 Å². The number of hydrogen-bond donors (Lipinski definition) is 2. The van der Waals surface area contributed by atoms with Crippen molar-refractivity contribution in [1.29, 1.82) is 0 Å². The molecule has 5 aromatic rings. The van der Waals surface area contributed by atoms with E-state index in [9.17, 15) is 14.4 Å². The third-order valence-corrected chi connectivity index (χ3v) is 10.5. The van der Waals surface area contributed by atoms with Crippen LogP contribution in [-0.4, -0.2) is 30.3 Å². The fourth-order valence-electron chi connectivity index (χ4n) is 7.59. The molecule has 258 valence electrons. The molecule has 1 aliphatic carbocycles. The molecule has 0 spiro atoms. The smallest absolute Gasteiger partial charge is 0.251 e. The molecule has 1 saturated carbocycles. The molecule has 0 radical (unpaired) electrons. The van der Waals surface area contributed by atoms with Gasteiger partial charge >= 0.3 is 0 Å². The second kappa shape index (κ2) is 15.1. The number of nitrogens with two attached hydrogens (primary N) is 1. The Morgan fingerprint density at radius 3 is 2.24 bits per heavy atom. The van der Waals surface area contributed by atoms with Crippen LogP contribution in [0.4, 0.5) is 17.1 Å². The summed E-state index contributed by atoms with van der Waals surface area (Å²) < 4.78 is 0. The maximum atomic E-state index is 14.8. The van der Waals surface area contributed by atoms with E-state index in [-0.39, 0.29) is 18.4 Å². The SMILES string of the molecule is C=CCC(C(N)=O)C(CC1CCC1)C(=O)NC1CN(c2ccccc2)c2ccccc2N(Cc2cccc(-c3ccc4ccccc4c3)c2)C1=O. The van der Waals surface area contributed by atoms with Crippen LogP contribution >= 0.6 is 0 Å². The average Bonchev–Trinajstić information content (AvgIpc) is 3.25. The van der Waals surface area contributed by atoms with Crippen molar-refractivity contribution in [2.24, 2.45) is 23.5 Å². The summed E-state index contributed by atoms with van der Waals surface area (Å²) in [5, 5.41) is 5.49. The van der Waals surface area contributed by atoms with Crippen molar-refractivity contribution in [3.63, 3.8) is 0 Å². The van der Waals surface area contributed by atoms with Crippen LogP contribution in [0.15, 0.2) is 134 Å². The second-order valence-corrected chi connectivity index (χ2v) is 13.9. The predicted octanol–water partition coefficient (Wildman–Crippen LogP) is 8.16. The zero-order valence-electron chi connectivity index (χ0n) is 28.8. The molecule has 3 atom stereocenters. The van der Waals surface area contributed by atoms with Crippen LogP contribution in [0.25, 0.3) is 21.9 Å². The van der Waals surface area contributed by atoms with Gasteiger partial charge in [0.05, 0.1) is 36.3 Å². The first-order valence-electron chi connectivity index (χ1n) is 17.9. The van der Waals surface area contributed by atoms with E-state index in [0.717, 1.165) is 53.0 Å². The van der Waals surface area contributed by atoms with Gasteiger partial charge in [0.15, 0.2) is 0 Å². The van der Waals surface area contributed by atoms with Gasteiger partial charge in [0.2, 0.25) is 11.8 Å². The number of amides is 3. The Hall–Kier alpha value is -5.69. The zero-order chi connectivity index (χ0) is 35.3. The van der Waals surface area contributed by atoms with Gasteiger partial charge in [0.1, 0.15) is 6.04 Å². The van der Waals surface area contributed by atoms with Crippen LogP contribution in [-0.2, 0) is 20.9 Å². The Labute approximate surface area is 299 Å². The number of allylic oxidation sites excluding steroid dienone is 1. The van der Waals surface area contributed by atoms with Gasteiger partial charge in [-0.15, -0.1) is 6.58 Å². The number of nitrogens with one attached hydrogen (secondary N) is 1. The maximum absolute atomic E-state index is 14.8. The van der Waals surface area contributed by atoms with E-state index in [0.29, 0.717) is 25.3 Å². The van der Waals surface area contributed by atoms with Gasteiger partial charge in [-0.05, 0) is 82.6 Å². The first-order chi connectivity index (χ1) is 24.9. The van der Waals surface area contributed by atoms with Crippen molar-refractivity contribution in [2.75, 3.05) is 16.3 Å². The highest BCUT2D eigenvalue weighted by atomic mass is 16.2. The minimum atomic E-state index is -0.894. The third kappa shape index (κ3) is 7.29. The van der Waals surface area contributed by atoms with Gasteiger partial charge in [0.25, 0.3) is 5.91 Å². The molecule has 7 heteroatoms. The molecule has 5 aromatic carbocycles. The highest BCUT2D eigenvalue weighted by Gasteiger charge is 2.40. The lowest BCUT2D eigenvalue weighted by atomic mass is 9.74. The van der Waals surface area contributed by atoms with E-state index in [4.69, 9.17) is 5.73 Å². The minimum Gasteiger partial charge on any atom is -0.369 e. The second-order valence-electron chi connectivity index (χ2n) is 13.9. The van der Waals surface area contributed by atoms with Crippen LogP contribution < -0.4 is 20.9 Å². The number of hydrogen-bond acceptors (Lipinski definition) is 4. The minimum absolute atomic E-state index is 0.216. The molecular weight excluding hydrogens is 633 g/mol. The van der Waals surface area contributed by atoms with E-state index in [2.05, 4.69) is 59.3 Å². The Kier molecular flexibility index (Phi) is 9.97. The number of benzene rings is 5. The summed E-state index contributed by atoms with van der Waals surface area (Å²) in [6.45, 7) is 4.35. The summed E-state index contributed by atoms with van der Waals surface area (Å²) in [6, 6.07) is 40.0. The quantitative estimate of drug-likeness (QED) is 0.130. The standard InChI is InChI=1S/C44H44N4O3/c1-2-12-37(42(45)49)38(26-30-13-10-14-30)43(50)46-39-29-47(36-19-4-3-5-20-36)40-21-8-9-22-41(40)48(44(39)51)28-31-15-11-18-33(25-31)35-24-23-32-16-6-7-17-34(32)27-35/h2-9,11,15-25,27,30,37-39H,1,10,12-14,26,28-29H2,(H2,45,49)(H,46,50). The van der Waals surface area contributed by atoms with E-state index in [1.54, 1.807) is 11.0 Å². The Bertz CT molecular complexity index is 2060. The lowest BCUT2D eigenvalue weighted by molar-refractivity contribution is -0.136. The van der Waals surface area contributed by atoms with Crippen molar-refractivity contribution in [3.8, 4) is 11.1 Å². The number of anilines is 3. The first kappa shape index (κ1) is 33.8. The molecule has 0 aromatic heterocycles. The monoisotopic (exact) mass is 676 g/mol. The summed E-state index contributed by atoms with van der Waals surface area (Å²) in [4.78, 5) is 45.7. The zero-order valence-corrected chi connectivity index (χ0v) is 28.8. The number of nitrogens with zero attached hydrogens (tertiary/aromatic N) is 2. The largest absolute Gasteiger partial charge is 0.369 e. The fraction of sp³-hybridized carbons (Fsp3) is 0.250. The van der Waals surface area contributed by atoms with Gasteiger partial charge < -0.3 is 20.9 Å². The summed E-state index contributed by atoms with van der Waals surface area (Å²) in [6.07, 6.45) is 5.67. The number of para-hydroxylation sites is 3. The van der Waals surface area contributed by atoms with Crippen LogP contribution in [0.1, 0.15) is 37.7 Å². The Morgan fingerprint density at radius 1 is 0.804 bits per heavy atom. The average molecular weight is 677 g/mol. The molecule has 2 aliphatic rings. The van der Waals surface area contributed by atoms with Crippen molar-refractivity contribution in [2.45, 2.75) is 44.7 Å². The molecule has 7 rings (SSSR count).